The van der Waals surface area contributed by atoms with Gasteiger partial charge in [-0.1, -0.05) is 72.8 Å². The molecule has 0 aliphatic carbocycles. The van der Waals surface area contributed by atoms with Crippen molar-refractivity contribution in [2.24, 2.45) is 0 Å². The fourth-order valence-corrected chi connectivity index (χ4v) is 2.71. The SMILES string of the molecule is O=C(c1ccc(-c2ccccc2)c(F)c1)C(Cl)c1ccccc1. The lowest BCUT2D eigenvalue weighted by atomic mass is 9.98. The Labute approximate surface area is 139 Å². The van der Waals surface area contributed by atoms with Gasteiger partial charge in [-0.25, -0.2) is 4.39 Å². The summed E-state index contributed by atoms with van der Waals surface area (Å²) in [4.78, 5) is 12.4. The number of alkyl halides is 1. The van der Waals surface area contributed by atoms with Gasteiger partial charge < -0.3 is 0 Å². The van der Waals surface area contributed by atoms with Gasteiger partial charge in [-0.15, -0.1) is 11.6 Å². The molecule has 0 N–H and O–H groups in total. The maximum absolute atomic E-state index is 14.4. The summed E-state index contributed by atoms with van der Waals surface area (Å²) in [5.41, 5.74) is 2.21. The Morgan fingerprint density at radius 2 is 1.48 bits per heavy atom. The lowest BCUT2D eigenvalue weighted by molar-refractivity contribution is 0.0986. The third-order valence-electron chi connectivity index (χ3n) is 3.66. The molecule has 1 atom stereocenters. The Bertz CT molecular complexity index is 816. The summed E-state index contributed by atoms with van der Waals surface area (Å²) in [6.45, 7) is 0. The molecule has 3 heteroatoms. The van der Waals surface area contributed by atoms with Crippen molar-refractivity contribution in [2.45, 2.75) is 5.38 Å². The van der Waals surface area contributed by atoms with Crippen LogP contribution in [-0.2, 0) is 0 Å². The molecular weight excluding hydrogens is 311 g/mol. The summed E-state index contributed by atoms with van der Waals surface area (Å²) in [7, 11) is 0. The van der Waals surface area contributed by atoms with Gasteiger partial charge in [0.05, 0.1) is 0 Å². The van der Waals surface area contributed by atoms with Gasteiger partial charge in [0.1, 0.15) is 11.2 Å². The standard InChI is InChI=1S/C20H14ClFO/c21-19(15-9-5-2-6-10-15)20(23)16-11-12-17(18(22)13-16)14-7-3-1-4-8-14/h1-13,19H. The normalized spacial score (nSPS) is 11.9. The summed E-state index contributed by atoms with van der Waals surface area (Å²) in [5.74, 6) is -0.740. The fraction of sp³-hybridized carbons (Fsp3) is 0.0500. The number of benzene rings is 3. The summed E-state index contributed by atoms with van der Waals surface area (Å²) >= 11 is 6.23. The molecule has 0 amide bonds. The minimum atomic E-state index is -0.821. The van der Waals surface area contributed by atoms with Gasteiger partial charge in [0.15, 0.2) is 5.78 Å². The zero-order valence-electron chi connectivity index (χ0n) is 12.2. The molecule has 23 heavy (non-hydrogen) atoms. The van der Waals surface area contributed by atoms with Crippen molar-refractivity contribution in [1.82, 2.24) is 0 Å². The van der Waals surface area contributed by atoms with E-state index in [1.54, 1.807) is 24.3 Å². The number of carbonyl (C=O) groups is 1. The van der Waals surface area contributed by atoms with Crippen LogP contribution in [0.2, 0.25) is 0 Å². The van der Waals surface area contributed by atoms with Crippen LogP contribution in [0.1, 0.15) is 21.3 Å². The van der Waals surface area contributed by atoms with Crippen molar-refractivity contribution in [2.75, 3.05) is 0 Å². The highest BCUT2D eigenvalue weighted by atomic mass is 35.5. The van der Waals surface area contributed by atoms with Gasteiger partial charge in [0, 0.05) is 11.1 Å². The van der Waals surface area contributed by atoms with Gasteiger partial charge in [0.25, 0.3) is 0 Å². The van der Waals surface area contributed by atoms with Crippen LogP contribution in [0.5, 0.6) is 0 Å². The van der Waals surface area contributed by atoms with Crippen LogP contribution in [0.3, 0.4) is 0 Å². The van der Waals surface area contributed by atoms with Crippen LogP contribution in [0.4, 0.5) is 4.39 Å². The first-order valence-corrected chi connectivity index (χ1v) is 7.68. The van der Waals surface area contributed by atoms with Crippen molar-refractivity contribution in [3.8, 4) is 11.1 Å². The Morgan fingerprint density at radius 1 is 0.870 bits per heavy atom. The van der Waals surface area contributed by atoms with E-state index < -0.39 is 11.2 Å². The zero-order chi connectivity index (χ0) is 16.2. The van der Waals surface area contributed by atoms with Crippen molar-refractivity contribution in [1.29, 1.82) is 0 Å². The van der Waals surface area contributed by atoms with Gasteiger partial charge in [-0.3, -0.25) is 4.79 Å². The lowest BCUT2D eigenvalue weighted by Gasteiger charge is -2.10. The second kappa shape index (κ2) is 6.76. The van der Waals surface area contributed by atoms with Crippen LogP contribution in [0.15, 0.2) is 78.9 Å². The van der Waals surface area contributed by atoms with Crippen molar-refractivity contribution < 1.29 is 9.18 Å². The largest absolute Gasteiger partial charge is 0.292 e. The summed E-state index contributed by atoms with van der Waals surface area (Å²) in [6, 6.07) is 22.8. The molecule has 3 aromatic carbocycles. The summed E-state index contributed by atoms with van der Waals surface area (Å²) < 4.78 is 14.4. The van der Waals surface area contributed by atoms with Crippen LogP contribution in [0, 0.1) is 5.82 Å². The van der Waals surface area contributed by atoms with Crippen LogP contribution < -0.4 is 0 Å². The molecule has 0 fully saturated rings. The first-order chi connectivity index (χ1) is 11.2. The molecule has 0 saturated heterocycles. The predicted molar refractivity (Wildman–Crippen MR) is 91.2 cm³/mol. The van der Waals surface area contributed by atoms with E-state index in [1.807, 2.05) is 48.5 Å². The van der Waals surface area contributed by atoms with Gasteiger partial charge >= 0.3 is 0 Å². The topological polar surface area (TPSA) is 17.1 Å². The lowest BCUT2D eigenvalue weighted by Crippen LogP contribution is -2.08. The summed E-state index contributed by atoms with van der Waals surface area (Å²) in [5, 5.41) is -0.821. The Balaban J connectivity index is 1.90. The van der Waals surface area contributed by atoms with E-state index in [-0.39, 0.29) is 11.3 Å². The van der Waals surface area contributed by atoms with E-state index in [0.29, 0.717) is 11.1 Å². The highest BCUT2D eigenvalue weighted by Crippen LogP contribution is 2.28. The minimum Gasteiger partial charge on any atom is -0.292 e. The van der Waals surface area contributed by atoms with Crippen LogP contribution in [-0.4, -0.2) is 5.78 Å². The highest BCUT2D eigenvalue weighted by Gasteiger charge is 2.20. The Kier molecular flexibility index (Phi) is 4.54. The highest BCUT2D eigenvalue weighted by molar-refractivity contribution is 6.33. The van der Waals surface area contributed by atoms with E-state index in [4.69, 9.17) is 11.6 Å². The molecule has 0 saturated carbocycles. The molecule has 0 heterocycles. The first-order valence-electron chi connectivity index (χ1n) is 7.25. The maximum atomic E-state index is 14.4. The van der Waals surface area contributed by atoms with Crippen LogP contribution >= 0.6 is 11.6 Å². The van der Waals surface area contributed by atoms with Crippen molar-refractivity contribution in [3.05, 3.63) is 95.8 Å². The average molecular weight is 325 g/mol. The zero-order valence-corrected chi connectivity index (χ0v) is 13.0. The molecule has 1 nitrogen and oxygen atoms in total. The second-order valence-corrected chi connectivity index (χ2v) is 5.63. The number of halogens is 2. The molecule has 3 rings (SSSR count). The number of Topliss-reactive ketones (excluding diaryl/α,β-unsaturated/α-hetero) is 1. The predicted octanol–water partition coefficient (Wildman–Crippen LogP) is 5.66. The number of rotatable bonds is 4. The van der Waals surface area contributed by atoms with Crippen molar-refractivity contribution >= 4 is 17.4 Å². The fourth-order valence-electron chi connectivity index (χ4n) is 2.44. The Morgan fingerprint density at radius 3 is 2.09 bits per heavy atom. The van der Waals surface area contributed by atoms with Gasteiger partial charge in [-0.2, -0.15) is 0 Å². The van der Waals surface area contributed by atoms with E-state index in [2.05, 4.69) is 0 Å². The number of hydrogen-bond acceptors (Lipinski definition) is 1. The van der Waals surface area contributed by atoms with E-state index in [1.165, 1.54) is 6.07 Å². The molecular formula is C20H14ClFO. The maximum Gasteiger partial charge on any atom is 0.185 e. The third-order valence-corrected chi connectivity index (χ3v) is 4.11. The minimum absolute atomic E-state index is 0.269. The van der Waals surface area contributed by atoms with Crippen molar-refractivity contribution in [3.63, 3.8) is 0 Å². The second-order valence-electron chi connectivity index (χ2n) is 5.20. The average Bonchev–Trinajstić information content (AvgIpc) is 2.62. The molecule has 0 aliphatic rings. The number of ketones is 1. The molecule has 0 aromatic heterocycles. The number of carbonyl (C=O) groups excluding carboxylic acids is 1. The molecule has 3 aromatic rings. The first kappa shape index (κ1) is 15.4. The quantitative estimate of drug-likeness (QED) is 0.447. The van der Waals surface area contributed by atoms with Crippen LogP contribution in [0.25, 0.3) is 11.1 Å². The molecule has 0 aliphatic heterocycles. The molecule has 0 radical (unpaired) electrons. The molecule has 1 unspecified atom stereocenters. The van der Waals surface area contributed by atoms with E-state index >= 15 is 0 Å². The third kappa shape index (κ3) is 3.33. The van der Waals surface area contributed by atoms with Gasteiger partial charge in [-0.05, 0) is 17.2 Å². The van der Waals surface area contributed by atoms with E-state index in [9.17, 15) is 9.18 Å². The monoisotopic (exact) mass is 324 g/mol. The number of hydrogen-bond donors (Lipinski definition) is 0. The van der Waals surface area contributed by atoms with E-state index in [0.717, 1.165) is 5.56 Å². The summed E-state index contributed by atoms with van der Waals surface area (Å²) in [6.07, 6.45) is 0. The smallest absolute Gasteiger partial charge is 0.185 e. The molecule has 0 spiro atoms. The van der Waals surface area contributed by atoms with Gasteiger partial charge in [0.2, 0.25) is 0 Å². The molecule has 114 valence electrons. The molecule has 0 bridgehead atoms. The Hall–Kier alpha value is -2.45.